The molecule has 52 heavy (non-hydrogen) atoms. The van der Waals surface area contributed by atoms with Gasteiger partial charge in [-0.15, -0.1) is 0 Å². The average Bonchev–Trinajstić information content (AvgIpc) is 3.12. The summed E-state index contributed by atoms with van der Waals surface area (Å²) in [6, 6.07) is 0. The van der Waals surface area contributed by atoms with E-state index in [4.69, 9.17) is 24.3 Å². The van der Waals surface area contributed by atoms with E-state index >= 15 is 0 Å². The summed E-state index contributed by atoms with van der Waals surface area (Å²) < 4.78 is 32.5. The standard InChI is InChI=1S/C41H74NO9P/c1-3-5-7-9-11-13-15-17-19-21-23-25-27-30-38(43)31-29-33-41(45)51-39(37-50-52(46,47)49-35-34-42)36-48-40(44)32-28-26-24-22-20-18-16-14-12-10-8-6-4-2/h14,16-17,19,23,25,27,30,38-39,43H,3-13,15,18,20-22,24,26,28-29,31-37,42H2,1-2H3,(H,46,47)/b16-14-,19-17+,25-23+,30-27+/t38?,39-/m1/s1. The molecule has 0 aliphatic rings. The van der Waals surface area contributed by atoms with Gasteiger partial charge in [-0.05, 0) is 64.2 Å². The monoisotopic (exact) mass is 756 g/mol. The first-order valence-electron chi connectivity index (χ1n) is 20.2. The van der Waals surface area contributed by atoms with Crippen LogP contribution in [0.4, 0.5) is 0 Å². The Morgan fingerprint density at radius 2 is 1.23 bits per heavy atom. The van der Waals surface area contributed by atoms with E-state index in [-0.39, 0.29) is 32.6 Å². The second kappa shape index (κ2) is 37.3. The molecule has 11 heteroatoms. The zero-order valence-electron chi connectivity index (χ0n) is 32.6. The first kappa shape index (κ1) is 49.9. The Hall–Kier alpha value is -2.07. The molecule has 0 heterocycles. The maximum absolute atomic E-state index is 12.6. The highest BCUT2D eigenvalue weighted by Crippen LogP contribution is 2.43. The molecule has 0 aliphatic heterocycles. The molecule has 0 saturated heterocycles. The molecule has 0 aromatic rings. The van der Waals surface area contributed by atoms with Crippen molar-refractivity contribution < 1.29 is 42.7 Å². The molecular weight excluding hydrogens is 681 g/mol. The highest BCUT2D eigenvalue weighted by molar-refractivity contribution is 7.47. The molecule has 0 aromatic heterocycles. The number of nitrogens with two attached hydrogens (primary N) is 1. The van der Waals surface area contributed by atoms with Gasteiger partial charge < -0.3 is 25.2 Å². The zero-order chi connectivity index (χ0) is 38.4. The van der Waals surface area contributed by atoms with Crippen molar-refractivity contribution in [3.8, 4) is 0 Å². The number of carbonyl (C=O) groups is 2. The van der Waals surface area contributed by atoms with Gasteiger partial charge in [0.15, 0.2) is 6.10 Å². The van der Waals surface area contributed by atoms with E-state index in [1.165, 1.54) is 64.2 Å². The first-order valence-corrected chi connectivity index (χ1v) is 21.7. The topological polar surface area (TPSA) is 155 Å². The second-order valence-corrected chi connectivity index (χ2v) is 14.8. The van der Waals surface area contributed by atoms with Crippen molar-refractivity contribution in [2.45, 2.75) is 174 Å². The molecule has 3 atom stereocenters. The number of hydrogen-bond donors (Lipinski definition) is 3. The van der Waals surface area contributed by atoms with Gasteiger partial charge in [0.1, 0.15) is 6.61 Å². The van der Waals surface area contributed by atoms with Crippen LogP contribution in [0.25, 0.3) is 0 Å². The molecule has 0 bridgehead atoms. The number of carbonyl (C=O) groups excluding carboxylic acids is 2. The third-order valence-corrected chi connectivity index (χ3v) is 9.28. The van der Waals surface area contributed by atoms with Gasteiger partial charge in [0.2, 0.25) is 0 Å². The number of aliphatic hydroxyl groups excluding tert-OH is 1. The maximum Gasteiger partial charge on any atom is 0.472 e. The minimum Gasteiger partial charge on any atom is -0.462 e. The number of aliphatic hydroxyl groups is 1. The summed E-state index contributed by atoms with van der Waals surface area (Å²) >= 11 is 0. The average molecular weight is 756 g/mol. The number of allylic oxidation sites excluding steroid dienone is 7. The van der Waals surface area contributed by atoms with Crippen molar-refractivity contribution in [2.24, 2.45) is 5.73 Å². The molecule has 0 aromatic carbocycles. The van der Waals surface area contributed by atoms with E-state index in [1.54, 1.807) is 12.2 Å². The molecule has 0 aliphatic carbocycles. The van der Waals surface area contributed by atoms with Crippen LogP contribution >= 0.6 is 7.82 Å². The predicted octanol–water partition coefficient (Wildman–Crippen LogP) is 10.1. The molecule has 2 unspecified atom stereocenters. The molecule has 4 N–H and O–H groups in total. The van der Waals surface area contributed by atoms with E-state index in [0.717, 1.165) is 51.4 Å². The van der Waals surface area contributed by atoms with Gasteiger partial charge in [0.25, 0.3) is 0 Å². The molecule has 0 rings (SSSR count). The second-order valence-electron chi connectivity index (χ2n) is 13.3. The Morgan fingerprint density at radius 3 is 1.87 bits per heavy atom. The maximum atomic E-state index is 12.6. The summed E-state index contributed by atoms with van der Waals surface area (Å²) in [6.45, 7) is 3.46. The summed E-state index contributed by atoms with van der Waals surface area (Å²) in [5, 5.41) is 10.3. The van der Waals surface area contributed by atoms with Crippen LogP contribution in [0.1, 0.15) is 162 Å². The van der Waals surface area contributed by atoms with Gasteiger partial charge in [-0.1, -0.05) is 133 Å². The van der Waals surface area contributed by atoms with Crippen LogP contribution in [-0.2, 0) is 32.7 Å². The van der Waals surface area contributed by atoms with Gasteiger partial charge in [-0.2, -0.15) is 0 Å². The number of hydrogen-bond acceptors (Lipinski definition) is 9. The predicted molar refractivity (Wildman–Crippen MR) is 212 cm³/mol. The summed E-state index contributed by atoms with van der Waals surface area (Å²) in [7, 11) is -4.43. The lowest BCUT2D eigenvalue weighted by molar-refractivity contribution is -0.161. The van der Waals surface area contributed by atoms with Gasteiger partial charge in [0.05, 0.1) is 19.3 Å². The summed E-state index contributed by atoms with van der Waals surface area (Å²) in [6.07, 6.45) is 37.4. The lowest BCUT2D eigenvalue weighted by Crippen LogP contribution is -2.29. The lowest BCUT2D eigenvalue weighted by atomic mass is 10.1. The van der Waals surface area contributed by atoms with Gasteiger partial charge in [-0.3, -0.25) is 18.6 Å². The van der Waals surface area contributed by atoms with Crippen LogP contribution in [0.5, 0.6) is 0 Å². The Balaban J connectivity index is 4.42. The minimum atomic E-state index is -4.43. The fourth-order valence-corrected chi connectivity index (χ4v) is 5.99. The van der Waals surface area contributed by atoms with Crippen LogP contribution in [0.3, 0.4) is 0 Å². The number of phosphoric ester groups is 1. The van der Waals surface area contributed by atoms with Crippen molar-refractivity contribution in [3.63, 3.8) is 0 Å². The molecule has 10 nitrogen and oxygen atoms in total. The Bertz CT molecular complexity index is 1010. The van der Waals surface area contributed by atoms with E-state index < -0.39 is 38.6 Å². The van der Waals surface area contributed by atoms with Crippen LogP contribution < -0.4 is 5.73 Å². The number of rotatable bonds is 37. The third-order valence-electron chi connectivity index (χ3n) is 8.29. The lowest BCUT2D eigenvalue weighted by Gasteiger charge is -2.20. The Labute approximate surface area is 316 Å². The normalized spacial score (nSPS) is 14.5. The highest BCUT2D eigenvalue weighted by Gasteiger charge is 2.26. The molecule has 0 radical (unpaired) electrons. The van der Waals surface area contributed by atoms with E-state index in [0.29, 0.717) is 19.3 Å². The Morgan fingerprint density at radius 1 is 0.673 bits per heavy atom. The minimum absolute atomic E-state index is 0.00376. The largest absolute Gasteiger partial charge is 0.472 e. The fourth-order valence-electron chi connectivity index (χ4n) is 5.22. The van der Waals surface area contributed by atoms with Crippen LogP contribution in [-0.4, -0.2) is 60.5 Å². The summed E-state index contributed by atoms with van der Waals surface area (Å²) in [5.74, 6) is -1.04. The molecular formula is C41H74NO9P. The molecule has 0 fully saturated rings. The summed E-state index contributed by atoms with van der Waals surface area (Å²) in [4.78, 5) is 34.8. The van der Waals surface area contributed by atoms with Crippen molar-refractivity contribution in [2.75, 3.05) is 26.4 Å². The summed E-state index contributed by atoms with van der Waals surface area (Å²) in [5.41, 5.74) is 5.32. The Kier molecular flexibility index (Phi) is 35.8. The number of phosphoric acid groups is 1. The number of esters is 2. The molecule has 0 saturated carbocycles. The van der Waals surface area contributed by atoms with Crippen molar-refractivity contribution in [1.29, 1.82) is 0 Å². The van der Waals surface area contributed by atoms with Gasteiger partial charge >= 0.3 is 19.8 Å². The number of unbranched alkanes of at least 4 members (excludes halogenated alkanes) is 15. The van der Waals surface area contributed by atoms with Crippen molar-refractivity contribution >= 4 is 19.8 Å². The van der Waals surface area contributed by atoms with Crippen molar-refractivity contribution in [1.82, 2.24) is 0 Å². The highest BCUT2D eigenvalue weighted by atomic mass is 31.2. The van der Waals surface area contributed by atoms with Gasteiger partial charge in [0, 0.05) is 19.4 Å². The smallest absolute Gasteiger partial charge is 0.462 e. The quantitative estimate of drug-likeness (QED) is 0.0183. The van der Waals surface area contributed by atoms with E-state index in [1.807, 2.05) is 12.2 Å². The van der Waals surface area contributed by atoms with E-state index in [2.05, 4.69) is 38.2 Å². The number of ether oxygens (including phenoxy) is 2. The zero-order valence-corrected chi connectivity index (χ0v) is 33.5. The van der Waals surface area contributed by atoms with Crippen LogP contribution in [0, 0.1) is 0 Å². The third kappa shape index (κ3) is 36.3. The van der Waals surface area contributed by atoms with Crippen LogP contribution in [0.2, 0.25) is 0 Å². The van der Waals surface area contributed by atoms with Crippen LogP contribution in [0.15, 0.2) is 48.6 Å². The van der Waals surface area contributed by atoms with Crippen molar-refractivity contribution in [3.05, 3.63) is 48.6 Å². The van der Waals surface area contributed by atoms with E-state index in [9.17, 15) is 24.2 Å². The molecule has 302 valence electrons. The first-order chi connectivity index (χ1) is 25.2. The van der Waals surface area contributed by atoms with Gasteiger partial charge in [-0.25, -0.2) is 4.57 Å². The molecule has 0 amide bonds. The molecule has 0 spiro atoms. The fraction of sp³-hybridized carbons (Fsp3) is 0.756. The SMILES string of the molecule is CCCCCC/C=C\CCCCCCCC(=O)OC[C@H](COP(=O)(O)OCCN)OC(=O)CCCC(O)/C=C/C=C/C/C=C/CCCCCCCC.